The second-order valence-corrected chi connectivity index (χ2v) is 7.48. The Kier molecular flexibility index (Phi) is 5.16. The maximum Gasteiger partial charge on any atom is 0.290 e. The largest absolute Gasteiger partial charge is 0.492 e. The van der Waals surface area contributed by atoms with Crippen LogP contribution in [0.3, 0.4) is 0 Å². The van der Waals surface area contributed by atoms with Crippen LogP contribution in [0.4, 0.5) is 4.79 Å². The molecule has 0 atom stereocenters. The van der Waals surface area contributed by atoms with E-state index in [1.165, 1.54) is 0 Å². The van der Waals surface area contributed by atoms with Crippen LogP contribution in [0, 0.1) is 0 Å². The zero-order valence-electron chi connectivity index (χ0n) is 15.0. The molecule has 0 aromatic heterocycles. The molecule has 2 aromatic rings. The van der Waals surface area contributed by atoms with Crippen molar-refractivity contribution in [1.82, 2.24) is 10.2 Å². The summed E-state index contributed by atoms with van der Waals surface area (Å²) >= 11 is 0.891. The zero-order valence-corrected chi connectivity index (χ0v) is 15.8. The minimum Gasteiger partial charge on any atom is -0.492 e. The highest BCUT2D eigenvalue weighted by atomic mass is 32.2. The van der Waals surface area contributed by atoms with Crippen LogP contribution in [0.15, 0.2) is 53.4 Å². The lowest BCUT2D eigenvalue weighted by molar-refractivity contribution is -0.115. The highest BCUT2D eigenvalue weighted by Gasteiger charge is 2.25. The first-order chi connectivity index (χ1) is 13.6. The number of amides is 3. The van der Waals surface area contributed by atoms with Crippen LogP contribution in [0.5, 0.6) is 5.75 Å². The summed E-state index contributed by atoms with van der Waals surface area (Å²) < 4.78 is 5.76. The topological polar surface area (TPSA) is 75.7 Å². The summed E-state index contributed by atoms with van der Waals surface area (Å²) in [6, 6.07) is 15.0. The van der Waals surface area contributed by atoms with Gasteiger partial charge in [0.2, 0.25) is 0 Å². The first-order valence-electron chi connectivity index (χ1n) is 8.95. The molecule has 2 aliphatic heterocycles. The Hall–Kier alpha value is -3.06. The molecule has 7 heteroatoms. The molecule has 0 spiro atoms. The molecule has 1 N–H and O–H groups in total. The summed E-state index contributed by atoms with van der Waals surface area (Å²) in [6.45, 7) is 1.63. The number of carbonyl (C=O) groups is 3. The van der Waals surface area contributed by atoms with Crippen molar-refractivity contribution in [1.29, 1.82) is 0 Å². The van der Waals surface area contributed by atoms with Crippen molar-refractivity contribution in [3.8, 4) is 5.75 Å². The fraction of sp³-hybridized carbons (Fsp3) is 0.190. The summed E-state index contributed by atoms with van der Waals surface area (Å²) in [7, 11) is 0. The van der Waals surface area contributed by atoms with Crippen LogP contribution < -0.4 is 10.1 Å². The Bertz CT molecular complexity index is 969. The molecular formula is C21H18N2O4S. The van der Waals surface area contributed by atoms with Gasteiger partial charge in [-0.2, -0.15) is 0 Å². The standard InChI is InChI=1S/C21H18N2O4S/c24-19-18(28-21(26)22-19)13-14-5-7-16(8-6-14)27-12-11-23-10-9-15-3-1-2-4-17(15)20(23)25/h1-8,13H,9-12H2,(H,22,24,26)/b18-13-. The number of benzene rings is 2. The highest BCUT2D eigenvalue weighted by molar-refractivity contribution is 8.18. The number of nitrogens with one attached hydrogen (secondary N) is 1. The molecule has 28 heavy (non-hydrogen) atoms. The molecule has 1 fully saturated rings. The highest BCUT2D eigenvalue weighted by Crippen LogP contribution is 2.26. The minimum absolute atomic E-state index is 0.0503. The SMILES string of the molecule is O=C1NC(=O)/C(=C/c2ccc(OCCN3CCc4ccccc4C3=O)cc2)S1. The molecule has 2 heterocycles. The Morgan fingerprint density at radius 1 is 1.07 bits per heavy atom. The van der Waals surface area contributed by atoms with Gasteiger partial charge in [-0.1, -0.05) is 30.3 Å². The number of hydrogen-bond donors (Lipinski definition) is 1. The van der Waals surface area contributed by atoms with Gasteiger partial charge < -0.3 is 9.64 Å². The molecule has 3 amide bonds. The Balaban J connectivity index is 1.31. The molecule has 142 valence electrons. The number of thioether (sulfide) groups is 1. The fourth-order valence-corrected chi connectivity index (χ4v) is 3.88. The summed E-state index contributed by atoms with van der Waals surface area (Å²) in [5, 5.41) is 1.87. The van der Waals surface area contributed by atoms with Crippen LogP contribution in [0.2, 0.25) is 0 Å². The van der Waals surface area contributed by atoms with Crippen molar-refractivity contribution in [2.75, 3.05) is 19.7 Å². The van der Waals surface area contributed by atoms with Gasteiger partial charge in [0, 0.05) is 12.1 Å². The van der Waals surface area contributed by atoms with E-state index in [0.717, 1.165) is 34.9 Å². The van der Waals surface area contributed by atoms with Gasteiger partial charge >= 0.3 is 0 Å². The minimum atomic E-state index is -0.372. The van der Waals surface area contributed by atoms with Crippen molar-refractivity contribution < 1.29 is 19.1 Å². The van der Waals surface area contributed by atoms with E-state index in [-0.39, 0.29) is 17.1 Å². The number of rotatable bonds is 5. The summed E-state index contributed by atoms with van der Waals surface area (Å²) in [5.74, 6) is 0.365. The maximum atomic E-state index is 12.5. The van der Waals surface area contributed by atoms with Crippen molar-refractivity contribution in [2.24, 2.45) is 0 Å². The smallest absolute Gasteiger partial charge is 0.290 e. The lowest BCUT2D eigenvalue weighted by atomic mass is 9.99. The van der Waals surface area contributed by atoms with Gasteiger partial charge in [-0.15, -0.1) is 0 Å². The van der Waals surface area contributed by atoms with Crippen LogP contribution in [0.25, 0.3) is 6.08 Å². The van der Waals surface area contributed by atoms with Crippen molar-refractivity contribution in [2.45, 2.75) is 6.42 Å². The van der Waals surface area contributed by atoms with Crippen LogP contribution in [-0.4, -0.2) is 41.6 Å². The van der Waals surface area contributed by atoms with Crippen molar-refractivity contribution in [3.05, 3.63) is 70.1 Å². The van der Waals surface area contributed by atoms with E-state index in [2.05, 4.69) is 5.32 Å². The normalized spacial score (nSPS) is 17.6. The Labute approximate surface area is 166 Å². The second-order valence-electron chi connectivity index (χ2n) is 6.47. The third kappa shape index (κ3) is 3.94. The Morgan fingerprint density at radius 2 is 1.86 bits per heavy atom. The summed E-state index contributed by atoms with van der Waals surface area (Å²) in [6.07, 6.45) is 2.53. The summed E-state index contributed by atoms with van der Waals surface area (Å²) in [4.78, 5) is 37.5. The molecule has 4 rings (SSSR count). The maximum absolute atomic E-state index is 12.5. The first kappa shape index (κ1) is 18.3. The number of fused-ring (bicyclic) bond motifs is 1. The van der Waals surface area contributed by atoms with Gasteiger partial charge in [0.15, 0.2) is 0 Å². The van der Waals surface area contributed by atoms with E-state index in [0.29, 0.717) is 30.4 Å². The number of imide groups is 1. The molecule has 0 unspecified atom stereocenters. The fourth-order valence-electron chi connectivity index (χ4n) is 3.19. The van der Waals surface area contributed by atoms with E-state index in [4.69, 9.17) is 4.74 Å². The van der Waals surface area contributed by atoms with Crippen molar-refractivity contribution in [3.63, 3.8) is 0 Å². The predicted octanol–water partition coefficient (Wildman–Crippen LogP) is 3.09. The molecule has 2 aliphatic rings. The van der Waals surface area contributed by atoms with Gasteiger partial charge in [0.05, 0.1) is 11.4 Å². The van der Waals surface area contributed by atoms with E-state index in [1.54, 1.807) is 18.2 Å². The second kappa shape index (κ2) is 7.90. The molecule has 0 bridgehead atoms. The molecule has 0 saturated carbocycles. The van der Waals surface area contributed by atoms with E-state index in [9.17, 15) is 14.4 Å². The van der Waals surface area contributed by atoms with Gasteiger partial charge in [-0.3, -0.25) is 19.7 Å². The first-order valence-corrected chi connectivity index (χ1v) is 9.77. The lowest BCUT2D eigenvalue weighted by Gasteiger charge is -2.28. The number of hydrogen-bond acceptors (Lipinski definition) is 5. The molecular weight excluding hydrogens is 376 g/mol. The zero-order chi connectivity index (χ0) is 19.5. The van der Waals surface area contributed by atoms with E-state index < -0.39 is 0 Å². The van der Waals surface area contributed by atoms with Gasteiger partial charge in [-0.05, 0) is 53.6 Å². The van der Waals surface area contributed by atoms with E-state index >= 15 is 0 Å². The Morgan fingerprint density at radius 3 is 2.61 bits per heavy atom. The average molecular weight is 394 g/mol. The third-order valence-electron chi connectivity index (χ3n) is 4.64. The molecule has 6 nitrogen and oxygen atoms in total. The molecule has 0 aliphatic carbocycles. The van der Waals surface area contributed by atoms with Gasteiger partial charge in [0.1, 0.15) is 12.4 Å². The molecule has 0 radical (unpaired) electrons. The van der Waals surface area contributed by atoms with Crippen LogP contribution in [-0.2, 0) is 11.2 Å². The lowest BCUT2D eigenvalue weighted by Crippen LogP contribution is -2.40. The predicted molar refractivity (Wildman–Crippen MR) is 107 cm³/mol. The van der Waals surface area contributed by atoms with E-state index in [1.807, 2.05) is 41.3 Å². The molecule has 2 aromatic carbocycles. The van der Waals surface area contributed by atoms with Gasteiger partial charge in [0.25, 0.3) is 17.1 Å². The number of ether oxygens (including phenoxy) is 1. The number of carbonyl (C=O) groups excluding carboxylic acids is 3. The van der Waals surface area contributed by atoms with Crippen molar-refractivity contribution >= 4 is 34.9 Å². The monoisotopic (exact) mass is 394 g/mol. The summed E-state index contributed by atoms with van der Waals surface area (Å²) in [5.41, 5.74) is 2.69. The quantitative estimate of drug-likeness (QED) is 0.789. The van der Waals surface area contributed by atoms with Crippen LogP contribution >= 0.6 is 11.8 Å². The van der Waals surface area contributed by atoms with Gasteiger partial charge in [-0.25, -0.2) is 0 Å². The number of nitrogens with zero attached hydrogens (tertiary/aromatic N) is 1. The molecule has 1 saturated heterocycles. The van der Waals surface area contributed by atoms with Crippen LogP contribution in [0.1, 0.15) is 21.5 Å². The average Bonchev–Trinajstić information content (AvgIpc) is 3.02. The third-order valence-corrected chi connectivity index (χ3v) is 5.45.